The Balaban J connectivity index is 1.09. The Kier molecular flexibility index (Phi) is 8.91. The van der Waals surface area contributed by atoms with Gasteiger partial charge in [0.1, 0.15) is 0 Å². The van der Waals surface area contributed by atoms with Gasteiger partial charge in [-0.1, -0.05) is 147 Å². The second-order valence-electron chi connectivity index (χ2n) is 19.0. The summed E-state index contributed by atoms with van der Waals surface area (Å²) in [5, 5.41) is 0. The summed E-state index contributed by atoms with van der Waals surface area (Å²) in [6, 6.07) is 36.3. The van der Waals surface area contributed by atoms with Gasteiger partial charge in [-0.25, -0.2) is 15.0 Å². The lowest BCUT2D eigenvalue weighted by atomic mass is 9.55. The van der Waals surface area contributed by atoms with Crippen LogP contribution in [0, 0.1) is 0 Å². The van der Waals surface area contributed by atoms with E-state index in [-0.39, 0.29) is 21.7 Å². The zero-order valence-electron chi connectivity index (χ0n) is 34.5. The standard InChI is InChI=1S/C52H56N4/c1-8-9-12-34-13-24-41-42-25-18-37(32-44(42)52-29-10-27-51(52,28-11-30-52)43(41)31-34)45-26-19-38(33-53-45)48-55-46(35-14-20-39(21-15-35)49(2,3)4)54-47(56-48)36-16-22-40(23-17-36)50(5,6)7/h13-26,31-33H,8-12,27-30H2,1-7H3. The smallest absolute Gasteiger partial charge is 0.165 e. The van der Waals surface area contributed by atoms with Crippen LogP contribution < -0.4 is 0 Å². The molecule has 0 radical (unpaired) electrons. The van der Waals surface area contributed by atoms with Crippen molar-refractivity contribution in [1.82, 2.24) is 19.9 Å². The first-order chi connectivity index (χ1) is 26.9. The molecule has 2 aromatic heterocycles. The SMILES string of the molecule is CCCCc1ccc2c(c1)C13CCCC1(CCC3)c1cc(-c3ccc(-c4nc(-c5ccc(C(C)(C)C)cc5)nc(-c5ccc(C(C)(C)C)cc5)n4)cn3)ccc1-2. The minimum atomic E-state index is 0.0632. The molecule has 9 rings (SSSR count). The van der Waals surface area contributed by atoms with Crippen LogP contribution in [0.1, 0.15) is 128 Å². The van der Waals surface area contributed by atoms with Crippen molar-refractivity contribution in [1.29, 1.82) is 0 Å². The highest BCUT2D eigenvalue weighted by Gasteiger charge is 2.62. The lowest BCUT2D eigenvalue weighted by Crippen LogP contribution is -2.43. The van der Waals surface area contributed by atoms with Crippen molar-refractivity contribution in [2.24, 2.45) is 0 Å². The van der Waals surface area contributed by atoms with Gasteiger partial charge in [-0.3, -0.25) is 4.98 Å². The summed E-state index contributed by atoms with van der Waals surface area (Å²) in [5.74, 6) is 1.96. The van der Waals surface area contributed by atoms with Crippen LogP contribution >= 0.6 is 0 Å². The number of pyridine rings is 1. The van der Waals surface area contributed by atoms with Crippen LogP contribution in [0.3, 0.4) is 0 Å². The Morgan fingerprint density at radius 2 is 0.982 bits per heavy atom. The van der Waals surface area contributed by atoms with E-state index in [1.54, 1.807) is 11.1 Å². The van der Waals surface area contributed by atoms with E-state index in [9.17, 15) is 0 Å². The van der Waals surface area contributed by atoms with Crippen LogP contribution in [0.4, 0.5) is 0 Å². The molecule has 2 heterocycles. The molecule has 4 nitrogen and oxygen atoms in total. The molecule has 2 saturated carbocycles. The van der Waals surface area contributed by atoms with Gasteiger partial charge in [0.05, 0.1) is 5.69 Å². The molecular weight excluding hydrogens is 681 g/mol. The average Bonchev–Trinajstić information content (AvgIpc) is 3.78. The third-order valence-corrected chi connectivity index (χ3v) is 13.5. The fourth-order valence-electron chi connectivity index (χ4n) is 10.4. The zero-order chi connectivity index (χ0) is 38.9. The fourth-order valence-corrected chi connectivity index (χ4v) is 10.4. The molecule has 2 fully saturated rings. The molecule has 6 aromatic rings. The van der Waals surface area contributed by atoms with Crippen molar-refractivity contribution in [2.75, 3.05) is 0 Å². The molecule has 284 valence electrons. The van der Waals surface area contributed by atoms with Gasteiger partial charge >= 0.3 is 0 Å². The van der Waals surface area contributed by atoms with Gasteiger partial charge in [0, 0.05) is 39.3 Å². The van der Waals surface area contributed by atoms with E-state index >= 15 is 0 Å². The molecule has 0 N–H and O–H groups in total. The molecule has 3 aliphatic rings. The van der Waals surface area contributed by atoms with E-state index < -0.39 is 0 Å². The summed E-state index contributed by atoms with van der Waals surface area (Å²) in [5.41, 5.74) is 15.8. The van der Waals surface area contributed by atoms with Crippen molar-refractivity contribution >= 4 is 0 Å². The first kappa shape index (κ1) is 36.7. The molecule has 0 saturated heterocycles. The number of rotatable bonds is 7. The van der Waals surface area contributed by atoms with Crippen LogP contribution in [-0.2, 0) is 28.1 Å². The highest BCUT2D eigenvalue weighted by atomic mass is 15.0. The van der Waals surface area contributed by atoms with E-state index in [0.29, 0.717) is 17.5 Å². The Morgan fingerprint density at radius 3 is 1.46 bits per heavy atom. The number of benzene rings is 4. The number of nitrogens with zero attached hydrogens (tertiary/aromatic N) is 4. The van der Waals surface area contributed by atoms with Crippen LogP contribution in [-0.4, -0.2) is 19.9 Å². The molecule has 0 atom stereocenters. The number of aryl methyl sites for hydroxylation is 1. The molecule has 0 amide bonds. The molecule has 0 aliphatic heterocycles. The molecule has 0 spiro atoms. The highest BCUT2D eigenvalue weighted by molar-refractivity contribution is 5.82. The molecule has 3 aliphatic carbocycles. The summed E-state index contributed by atoms with van der Waals surface area (Å²) in [6.07, 6.45) is 13.5. The van der Waals surface area contributed by atoms with E-state index in [1.165, 1.54) is 91.2 Å². The number of unbranched alkanes of at least 4 members (excludes halogenated alkanes) is 1. The first-order valence-corrected chi connectivity index (χ1v) is 21.1. The molecule has 56 heavy (non-hydrogen) atoms. The number of fused-ring (bicyclic) bond motifs is 3. The van der Waals surface area contributed by atoms with Gasteiger partial charge in [-0.05, 0) is 106 Å². The highest BCUT2D eigenvalue weighted by Crippen LogP contribution is 2.69. The summed E-state index contributed by atoms with van der Waals surface area (Å²) in [6.45, 7) is 15.7. The summed E-state index contributed by atoms with van der Waals surface area (Å²) < 4.78 is 0. The van der Waals surface area contributed by atoms with Crippen LogP contribution in [0.15, 0.2) is 103 Å². The lowest BCUT2D eigenvalue weighted by Gasteiger charge is -2.48. The van der Waals surface area contributed by atoms with Crippen LogP contribution in [0.2, 0.25) is 0 Å². The minimum absolute atomic E-state index is 0.0632. The lowest BCUT2D eigenvalue weighted by molar-refractivity contribution is 0.299. The Labute approximate surface area is 334 Å². The second-order valence-corrected chi connectivity index (χ2v) is 19.0. The summed E-state index contributed by atoms with van der Waals surface area (Å²) >= 11 is 0. The van der Waals surface area contributed by atoms with Crippen molar-refractivity contribution in [3.8, 4) is 56.5 Å². The van der Waals surface area contributed by atoms with Gasteiger partial charge in [-0.15, -0.1) is 0 Å². The minimum Gasteiger partial charge on any atom is -0.255 e. The zero-order valence-corrected chi connectivity index (χ0v) is 34.5. The Morgan fingerprint density at radius 1 is 0.518 bits per heavy atom. The van der Waals surface area contributed by atoms with E-state index in [0.717, 1.165) is 22.4 Å². The monoisotopic (exact) mass is 736 g/mol. The van der Waals surface area contributed by atoms with Crippen molar-refractivity contribution in [3.63, 3.8) is 0 Å². The molecular formula is C52H56N4. The maximum absolute atomic E-state index is 5.11. The van der Waals surface area contributed by atoms with E-state index in [1.807, 2.05) is 6.20 Å². The number of aromatic nitrogens is 4. The Bertz CT molecular complexity index is 2320. The van der Waals surface area contributed by atoms with Crippen LogP contribution in [0.25, 0.3) is 56.5 Å². The van der Waals surface area contributed by atoms with E-state index in [4.69, 9.17) is 19.9 Å². The number of hydrogen-bond acceptors (Lipinski definition) is 4. The van der Waals surface area contributed by atoms with Gasteiger partial charge in [0.2, 0.25) is 0 Å². The van der Waals surface area contributed by atoms with Crippen LogP contribution in [0.5, 0.6) is 0 Å². The second kappa shape index (κ2) is 13.6. The maximum Gasteiger partial charge on any atom is 0.165 e. The Hall–Kier alpha value is -4.96. The third-order valence-electron chi connectivity index (χ3n) is 13.5. The van der Waals surface area contributed by atoms with Gasteiger partial charge in [-0.2, -0.15) is 0 Å². The molecule has 4 aromatic carbocycles. The predicted octanol–water partition coefficient (Wildman–Crippen LogP) is 13.4. The summed E-state index contributed by atoms with van der Waals surface area (Å²) in [4.78, 5) is 20.3. The predicted molar refractivity (Wildman–Crippen MR) is 232 cm³/mol. The third kappa shape index (κ3) is 6.12. The first-order valence-electron chi connectivity index (χ1n) is 21.1. The largest absolute Gasteiger partial charge is 0.255 e. The fraction of sp³-hybridized carbons (Fsp3) is 0.385. The topological polar surface area (TPSA) is 51.6 Å². The van der Waals surface area contributed by atoms with Crippen molar-refractivity contribution in [3.05, 3.63) is 131 Å². The molecule has 4 heteroatoms. The molecule has 0 unspecified atom stereocenters. The van der Waals surface area contributed by atoms with Gasteiger partial charge in [0.15, 0.2) is 17.5 Å². The van der Waals surface area contributed by atoms with Crippen molar-refractivity contribution in [2.45, 2.75) is 128 Å². The summed E-state index contributed by atoms with van der Waals surface area (Å²) in [7, 11) is 0. The quantitative estimate of drug-likeness (QED) is 0.164. The van der Waals surface area contributed by atoms with E-state index in [2.05, 4.69) is 146 Å². The van der Waals surface area contributed by atoms with Gasteiger partial charge in [0.25, 0.3) is 0 Å². The maximum atomic E-state index is 5.11. The number of hydrogen-bond donors (Lipinski definition) is 0. The normalized spacial score (nSPS) is 20.0. The van der Waals surface area contributed by atoms with Gasteiger partial charge < -0.3 is 0 Å². The van der Waals surface area contributed by atoms with Crippen molar-refractivity contribution < 1.29 is 0 Å². The molecule has 0 bridgehead atoms. The average molecular weight is 737 g/mol.